The summed E-state index contributed by atoms with van der Waals surface area (Å²) in [6.45, 7) is 0.156. The molecule has 0 radical (unpaired) electrons. The summed E-state index contributed by atoms with van der Waals surface area (Å²) in [6.07, 6.45) is -2.07. The smallest absolute Gasteiger partial charge is 0.152 e. The van der Waals surface area contributed by atoms with E-state index in [1.165, 1.54) is 0 Å². The Balaban J connectivity index is 0.000000409. The van der Waals surface area contributed by atoms with Gasteiger partial charge < -0.3 is 29.7 Å². The van der Waals surface area contributed by atoms with Crippen LogP contribution in [0.3, 0.4) is 0 Å². The number of nitrogens with one attached hydrogen (secondary N) is 1. The third-order valence-corrected chi connectivity index (χ3v) is 2.29. The van der Waals surface area contributed by atoms with Crippen molar-refractivity contribution >= 4 is 18.0 Å². The topological polar surface area (TPSA) is 188 Å². The zero-order chi connectivity index (χ0) is 17.1. The van der Waals surface area contributed by atoms with Gasteiger partial charge in [0.2, 0.25) is 0 Å². The molecular weight excluding hydrogens is 296 g/mol. The van der Waals surface area contributed by atoms with Gasteiger partial charge in [-0.15, -0.1) is 0 Å². The molecule has 1 aromatic rings. The molecular formula is C12H15N4O6-3. The normalized spacial score (nSPS) is 10.8. The number of benzene rings is 1. The van der Waals surface area contributed by atoms with E-state index in [-0.39, 0.29) is 6.54 Å². The molecule has 1 unspecified atom stereocenters. The standard InChI is InChI=1S/C8H10N2O2.C4H8N2O4/c9-10(8(11)12)6-7-4-2-1-3-5-7;5-6-2(4(9)10)1-3(7)8/h1-5H,6,9H2,(H,11,12);2,6H,1,5H2,(H,7,8)(H,9,10)/p-3. The summed E-state index contributed by atoms with van der Waals surface area (Å²) in [5.74, 6) is 6.72. The molecule has 122 valence electrons. The lowest BCUT2D eigenvalue weighted by atomic mass is 10.2. The minimum absolute atomic E-state index is 0.156. The first-order chi connectivity index (χ1) is 10.3. The highest BCUT2D eigenvalue weighted by Gasteiger charge is 2.06. The monoisotopic (exact) mass is 311 g/mol. The number of hydrazine groups is 2. The molecule has 0 saturated heterocycles. The summed E-state index contributed by atoms with van der Waals surface area (Å²) in [5.41, 5.74) is 2.59. The Bertz CT molecular complexity index is 496. The van der Waals surface area contributed by atoms with Crippen molar-refractivity contribution in [1.82, 2.24) is 10.4 Å². The Morgan fingerprint density at radius 3 is 2.00 bits per heavy atom. The maximum Gasteiger partial charge on any atom is 0.152 e. The van der Waals surface area contributed by atoms with Crippen LogP contribution in [0.2, 0.25) is 0 Å². The van der Waals surface area contributed by atoms with Crippen LogP contribution < -0.4 is 32.4 Å². The van der Waals surface area contributed by atoms with Crippen LogP contribution in [0.15, 0.2) is 30.3 Å². The molecule has 1 atom stereocenters. The molecule has 1 amide bonds. The first-order valence-electron chi connectivity index (χ1n) is 5.91. The number of carboxylic acids is 2. The number of hydrogen-bond donors (Lipinski definition) is 3. The zero-order valence-corrected chi connectivity index (χ0v) is 11.4. The van der Waals surface area contributed by atoms with E-state index in [0.29, 0.717) is 5.01 Å². The van der Waals surface area contributed by atoms with Crippen molar-refractivity contribution in [3.05, 3.63) is 35.9 Å². The summed E-state index contributed by atoms with van der Waals surface area (Å²) in [6, 6.07) is 7.69. The lowest BCUT2D eigenvalue weighted by molar-refractivity contribution is -0.317. The second-order valence-corrected chi connectivity index (χ2v) is 3.99. The van der Waals surface area contributed by atoms with E-state index >= 15 is 0 Å². The molecule has 22 heavy (non-hydrogen) atoms. The molecule has 5 N–H and O–H groups in total. The maximum absolute atomic E-state index is 10.2. The largest absolute Gasteiger partial charge is 0.550 e. The van der Waals surface area contributed by atoms with Gasteiger partial charge in [-0.25, -0.2) is 5.84 Å². The van der Waals surface area contributed by atoms with Crippen LogP contribution in [0.1, 0.15) is 12.0 Å². The van der Waals surface area contributed by atoms with E-state index in [1.54, 1.807) is 17.6 Å². The van der Waals surface area contributed by atoms with Gasteiger partial charge >= 0.3 is 0 Å². The first kappa shape index (κ1) is 19.3. The highest BCUT2D eigenvalue weighted by Crippen LogP contribution is 2.00. The lowest BCUT2D eigenvalue weighted by Crippen LogP contribution is -2.51. The van der Waals surface area contributed by atoms with Crippen LogP contribution >= 0.6 is 0 Å². The maximum atomic E-state index is 10.2. The van der Waals surface area contributed by atoms with Gasteiger partial charge in [0.15, 0.2) is 6.09 Å². The number of nitrogens with zero attached hydrogens (tertiary/aromatic N) is 1. The SMILES string of the molecule is NN(Cc1ccccc1)C(=O)[O-].NNC(CC(=O)[O-])C(=O)[O-]. The fraction of sp³-hybridized carbons (Fsp3) is 0.250. The van der Waals surface area contributed by atoms with Crippen LogP contribution in [0.5, 0.6) is 0 Å². The average molecular weight is 311 g/mol. The number of nitrogens with two attached hydrogens (primary N) is 2. The molecule has 0 bridgehead atoms. The minimum Gasteiger partial charge on any atom is -0.550 e. The Labute approximate surface area is 125 Å². The number of amides is 1. The minimum atomic E-state index is -1.56. The summed E-state index contributed by atoms with van der Waals surface area (Å²) in [5, 5.41) is 30.5. The van der Waals surface area contributed by atoms with Crippen LogP contribution in [0, 0.1) is 0 Å². The predicted molar refractivity (Wildman–Crippen MR) is 67.3 cm³/mol. The molecule has 10 nitrogen and oxygen atoms in total. The van der Waals surface area contributed by atoms with Crippen molar-refractivity contribution in [2.75, 3.05) is 0 Å². The predicted octanol–water partition coefficient (Wildman–Crippen LogP) is -4.59. The fourth-order valence-electron chi connectivity index (χ4n) is 1.22. The number of carboxylic acid groups (broad SMARTS) is 3. The van der Waals surface area contributed by atoms with Crippen LogP contribution in [0.25, 0.3) is 0 Å². The van der Waals surface area contributed by atoms with Gasteiger partial charge in [0, 0.05) is 12.4 Å². The Hall–Kier alpha value is -2.69. The second kappa shape index (κ2) is 10.1. The average Bonchev–Trinajstić information content (AvgIpc) is 2.45. The van der Waals surface area contributed by atoms with E-state index in [2.05, 4.69) is 5.84 Å². The summed E-state index contributed by atoms with van der Waals surface area (Å²) in [7, 11) is 0. The van der Waals surface area contributed by atoms with Crippen LogP contribution in [-0.4, -0.2) is 29.1 Å². The molecule has 0 aliphatic heterocycles. The third kappa shape index (κ3) is 8.47. The summed E-state index contributed by atoms with van der Waals surface area (Å²) in [4.78, 5) is 29.9. The molecule has 1 aromatic carbocycles. The summed E-state index contributed by atoms with van der Waals surface area (Å²) >= 11 is 0. The highest BCUT2D eigenvalue weighted by atomic mass is 16.4. The van der Waals surface area contributed by atoms with E-state index in [4.69, 9.17) is 5.84 Å². The molecule has 0 aromatic heterocycles. The van der Waals surface area contributed by atoms with Crippen molar-refractivity contribution in [2.24, 2.45) is 11.7 Å². The Kier molecular flexibility index (Phi) is 8.86. The lowest BCUT2D eigenvalue weighted by Gasteiger charge is -2.18. The molecule has 0 fully saturated rings. The van der Waals surface area contributed by atoms with Crippen molar-refractivity contribution in [3.63, 3.8) is 0 Å². The van der Waals surface area contributed by atoms with Gasteiger partial charge in [0.25, 0.3) is 0 Å². The van der Waals surface area contributed by atoms with E-state index in [9.17, 15) is 29.7 Å². The van der Waals surface area contributed by atoms with Crippen LogP contribution in [0.4, 0.5) is 4.79 Å². The number of hydrogen-bond acceptors (Lipinski definition) is 9. The van der Waals surface area contributed by atoms with Gasteiger partial charge in [-0.05, 0) is 5.56 Å². The Morgan fingerprint density at radius 2 is 1.68 bits per heavy atom. The van der Waals surface area contributed by atoms with Crippen LogP contribution in [-0.2, 0) is 16.1 Å². The Morgan fingerprint density at radius 1 is 1.14 bits per heavy atom. The quantitative estimate of drug-likeness (QED) is 0.264. The number of rotatable bonds is 6. The van der Waals surface area contributed by atoms with Gasteiger partial charge in [0.05, 0.1) is 18.6 Å². The molecule has 1 rings (SSSR count). The van der Waals surface area contributed by atoms with E-state index in [1.807, 2.05) is 18.2 Å². The highest BCUT2D eigenvalue weighted by molar-refractivity contribution is 5.78. The first-order valence-corrected chi connectivity index (χ1v) is 5.91. The molecule has 0 saturated carbocycles. The molecule has 0 spiro atoms. The fourth-order valence-corrected chi connectivity index (χ4v) is 1.22. The summed E-state index contributed by atoms with van der Waals surface area (Å²) < 4.78 is 0. The number of aliphatic carboxylic acids is 2. The van der Waals surface area contributed by atoms with Gasteiger partial charge in [-0.2, -0.15) is 0 Å². The second-order valence-electron chi connectivity index (χ2n) is 3.99. The molecule has 0 aliphatic rings. The van der Waals surface area contributed by atoms with Gasteiger partial charge in [0.1, 0.15) is 0 Å². The van der Waals surface area contributed by atoms with Crippen molar-refractivity contribution in [1.29, 1.82) is 0 Å². The molecule has 0 aliphatic carbocycles. The van der Waals surface area contributed by atoms with E-state index in [0.717, 1.165) is 5.56 Å². The van der Waals surface area contributed by atoms with Gasteiger partial charge in [-0.1, -0.05) is 30.3 Å². The number of carbonyl (C=O) groups excluding carboxylic acids is 3. The van der Waals surface area contributed by atoms with Crippen molar-refractivity contribution < 1.29 is 29.7 Å². The van der Waals surface area contributed by atoms with Crippen molar-refractivity contribution in [3.8, 4) is 0 Å². The van der Waals surface area contributed by atoms with Gasteiger partial charge in [-0.3, -0.25) is 16.3 Å². The van der Waals surface area contributed by atoms with Crippen molar-refractivity contribution in [2.45, 2.75) is 19.0 Å². The number of carbonyl (C=O) groups is 3. The van der Waals surface area contributed by atoms with E-state index < -0.39 is 30.5 Å². The zero-order valence-electron chi connectivity index (χ0n) is 11.4. The third-order valence-electron chi connectivity index (χ3n) is 2.29. The molecule has 0 heterocycles. The molecule has 10 heteroatoms.